The summed E-state index contributed by atoms with van der Waals surface area (Å²) in [5, 5.41) is 12.8. The number of carbonyl (C=O) groups is 6. The lowest BCUT2D eigenvalue weighted by Gasteiger charge is -2.44. The van der Waals surface area contributed by atoms with Gasteiger partial charge in [-0.3, -0.25) is 33.6 Å². The van der Waals surface area contributed by atoms with Crippen molar-refractivity contribution < 1.29 is 71.9 Å². The monoisotopic (exact) mass is 955 g/mol. The molecule has 3 aromatic carbocycles. The van der Waals surface area contributed by atoms with Gasteiger partial charge in [-0.15, -0.1) is 0 Å². The molecule has 3 saturated heterocycles. The SMILES string of the molecule is COc1ccc(C(OCC2(COC(=O)CCC(=O)O)CCN(C(=O)CCCCCNC(=O)COCCON3C(=O)C4C5C=CC(O5)C4C3=O)CC2)(c2ccc(OC)cc2)c2ccc(OC)cc2)cc1. The summed E-state index contributed by atoms with van der Waals surface area (Å²) in [5.41, 5.74) is 0.446. The number of carboxylic acid groups (broad SMARTS) is 1. The number of piperidine rings is 1. The first-order chi connectivity index (χ1) is 33.4. The van der Waals surface area contributed by atoms with Crippen molar-refractivity contribution in [3.63, 3.8) is 0 Å². The molecular weight excluding hydrogens is 895 g/mol. The van der Waals surface area contributed by atoms with Crippen LogP contribution in [0.15, 0.2) is 84.9 Å². The third-order valence-electron chi connectivity index (χ3n) is 13.3. The highest BCUT2D eigenvalue weighted by Gasteiger charge is 2.61. The Morgan fingerprint density at radius 3 is 1.75 bits per heavy atom. The molecule has 3 fully saturated rings. The molecule has 2 N–H and O–H groups in total. The molecule has 18 heteroatoms. The van der Waals surface area contributed by atoms with Crippen LogP contribution in [-0.2, 0) is 58.2 Å². The van der Waals surface area contributed by atoms with Gasteiger partial charge in [0.25, 0.3) is 11.8 Å². The summed E-state index contributed by atoms with van der Waals surface area (Å²) in [6.45, 7) is 0.939. The van der Waals surface area contributed by atoms with Gasteiger partial charge in [0.1, 0.15) is 29.5 Å². The second-order valence-corrected chi connectivity index (χ2v) is 17.6. The molecule has 0 radical (unpaired) electrons. The largest absolute Gasteiger partial charge is 0.497 e. The van der Waals surface area contributed by atoms with Crippen LogP contribution in [0.3, 0.4) is 0 Å². The first-order valence-corrected chi connectivity index (χ1v) is 23.3. The number of nitrogens with zero attached hydrogens (tertiary/aromatic N) is 2. The Hall–Kier alpha value is -6.34. The van der Waals surface area contributed by atoms with Crippen molar-refractivity contribution in [2.45, 2.75) is 69.2 Å². The number of unbranched alkanes of at least 4 members (excludes halogenated alkanes) is 2. The zero-order valence-electron chi connectivity index (χ0n) is 39.3. The Balaban J connectivity index is 0.915. The van der Waals surface area contributed by atoms with Gasteiger partial charge in [0, 0.05) is 31.5 Å². The average Bonchev–Trinajstić information content (AvgIpc) is 4.07. The molecule has 69 heavy (non-hydrogen) atoms. The quantitative estimate of drug-likeness (QED) is 0.0370. The van der Waals surface area contributed by atoms with Gasteiger partial charge >= 0.3 is 11.9 Å². The number of esters is 1. The van der Waals surface area contributed by atoms with E-state index in [1.54, 1.807) is 33.5 Å². The number of likely N-dealkylation sites (tertiary alicyclic amines) is 1. The van der Waals surface area contributed by atoms with E-state index in [2.05, 4.69) is 5.32 Å². The molecule has 4 atom stereocenters. The van der Waals surface area contributed by atoms with E-state index in [9.17, 15) is 33.9 Å². The third-order valence-corrected chi connectivity index (χ3v) is 13.3. The summed E-state index contributed by atoms with van der Waals surface area (Å²) in [4.78, 5) is 82.6. The first-order valence-electron chi connectivity index (χ1n) is 23.3. The lowest BCUT2D eigenvalue weighted by atomic mass is 9.77. The summed E-state index contributed by atoms with van der Waals surface area (Å²) in [6.07, 6.45) is 5.31. The summed E-state index contributed by atoms with van der Waals surface area (Å²) in [5.74, 6) is -2.05. The standard InChI is InChI=1S/C51H61N3O15/c1-62-37-14-8-34(9-15-37)51(35-10-16-38(63-2)17-11-35,36-12-18-39(64-3)19-13-36)67-33-50(32-66-45(59)23-22-44(57)58)24-27-53(28-25-50)43(56)7-5-4-6-26-52-42(55)31-65-29-30-68-54-48(60)46-40-20-21-41(69-40)47(46)49(54)61/h8-21,40-41,46-47H,4-7,22-33H2,1-3H3,(H,52,55)(H,57,58). The maximum absolute atomic E-state index is 13.5. The van der Waals surface area contributed by atoms with Gasteiger partial charge in [-0.2, -0.15) is 5.06 Å². The van der Waals surface area contributed by atoms with E-state index in [1.165, 1.54) is 0 Å². The van der Waals surface area contributed by atoms with Crippen LogP contribution in [0.2, 0.25) is 0 Å². The number of amides is 4. The molecule has 0 saturated carbocycles. The molecule has 7 rings (SSSR count). The van der Waals surface area contributed by atoms with E-state index in [0.717, 1.165) is 21.8 Å². The number of fused-ring (bicyclic) bond motifs is 5. The van der Waals surface area contributed by atoms with Crippen molar-refractivity contribution in [1.82, 2.24) is 15.3 Å². The molecule has 370 valence electrons. The highest BCUT2D eigenvalue weighted by atomic mass is 16.7. The number of benzene rings is 3. The second kappa shape index (κ2) is 23.3. The van der Waals surface area contributed by atoms with Crippen LogP contribution < -0.4 is 19.5 Å². The van der Waals surface area contributed by atoms with Crippen LogP contribution in [0.25, 0.3) is 0 Å². The maximum atomic E-state index is 13.5. The topological polar surface area (TPSA) is 215 Å². The van der Waals surface area contributed by atoms with Crippen molar-refractivity contribution in [1.29, 1.82) is 0 Å². The van der Waals surface area contributed by atoms with Crippen LogP contribution >= 0.6 is 0 Å². The number of nitrogens with one attached hydrogen (secondary N) is 1. The summed E-state index contributed by atoms with van der Waals surface area (Å²) < 4.78 is 40.6. The Labute approximate surface area is 401 Å². The van der Waals surface area contributed by atoms with Crippen molar-refractivity contribution in [3.05, 3.63) is 102 Å². The molecule has 0 aliphatic carbocycles. The Morgan fingerprint density at radius 1 is 0.710 bits per heavy atom. The molecular formula is C51H61N3O15. The number of hydroxylamine groups is 2. The van der Waals surface area contributed by atoms with Gasteiger partial charge in [0.2, 0.25) is 11.8 Å². The fourth-order valence-corrected chi connectivity index (χ4v) is 9.33. The molecule has 0 aromatic heterocycles. The van der Waals surface area contributed by atoms with Crippen LogP contribution in [0.5, 0.6) is 17.2 Å². The zero-order valence-corrected chi connectivity index (χ0v) is 39.3. The van der Waals surface area contributed by atoms with E-state index in [1.807, 2.05) is 77.7 Å². The minimum absolute atomic E-state index is 0.00395. The molecule has 4 unspecified atom stereocenters. The van der Waals surface area contributed by atoms with Crippen LogP contribution in [-0.4, -0.2) is 137 Å². The number of methoxy groups -OCH3 is 3. The average molecular weight is 956 g/mol. The maximum Gasteiger partial charge on any atom is 0.306 e. The molecule has 4 aliphatic rings. The molecule has 2 bridgehead atoms. The van der Waals surface area contributed by atoms with Crippen LogP contribution in [0.4, 0.5) is 0 Å². The number of rotatable bonds is 26. The van der Waals surface area contributed by atoms with Gasteiger partial charge in [0.05, 0.1) is 84.6 Å². The van der Waals surface area contributed by atoms with Crippen molar-refractivity contribution in [2.75, 3.05) is 74.0 Å². The van der Waals surface area contributed by atoms with E-state index >= 15 is 0 Å². The zero-order chi connectivity index (χ0) is 49.0. The number of ether oxygens (including phenoxy) is 7. The molecule has 18 nitrogen and oxygen atoms in total. The van der Waals surface area contributed by atoms with Gasteiger partial charge in [-0.05, 0) is 78.8 Å². The molecule has 4 amide bonds. The number of hydrogen-bond donors (Lipinski definition) is 2. The van der Waals surface area contributed by atoms with Crippen molar-refractivity contribution >= 4 is 35.6 Å². The Bertz CT molecular complexity index is 2150. The summed E-state index contributed by atoms with van der Waals surface area (Å²) in [6, 6.07) is 22.9. The highest BCUT2D eigenvalue weighted by molar-refractivity contribution is 6.05. The molecule has 0 spiro atoms. The fourth-order valence-electron chi connectivity index (χ4n) is 9.33. The highest BCUT2D eigenvalue weighted by Crippen LogP contribution is 2.46. The van der Waals surface area contributed by atoms with Crippen molar-refractivity contribution in [3.8, 4) is 17.2 Å². The number of aliphatic carboxylic acids is 1. The minimum Gasteiger partial charge on any atom is -0.497 e. The van der Waals surface area contributed by atoms with Gasteiger partial charge in [-0.25, -0.2) is 0 Å². The molecule has 3 aromatic rings. The lowest BCUT2D eigenvalue weighted by Crippen LogP contribution is -2.49. The third kappa shape index (κ3) is 11.9. The van der Waals surface area contributed by atoms with E-state index in [4.69, 9.17) is 38.0 Å². The summed E-state index contributed by atoms with van der Waals surface area (Å²) in [7, 11) is 4.79. The number of carbonyl (C=O) groups excluding carboxylic acids is 5. The van der Waals surface area contributed by atoms with Gasteiger partial charge in [-0.1, -0.05) is 55.0 Å². The predicted molar refractivity (Wildman–Crippen MR) is 246 cm³/mol. The number of hydrogen-bond acceptors (Lipinski definition) is 14. The fraction of sp³-hybridized carbons (Fsp3) is 0.490. The Morgan fingerprint density at radius 2 is 1.25 bits per heavy atom. The normalized spacial score (nSPS) is 20.2. The number of imide groups is 1. The number of carboxylic acids is 1. The minimum atomic E-state index is -1.20. The summed E-state index contributed by atoms with van der Waals surface area (Å²) >= 11 is 0. The second-order valence-electron chi connectivity index (χ2n) is 17.6. The Kier molecular flexibility index (Phi) is 17.1. The van der Waals surface area contributed by atoms with Crippen LogP contribution in [0, 0.1) is 17.3 Å². The molecule has 4 aliphatic heterocycles. The van der Waals surface area contributed by atoms with Crippen molar-refractivity contribution in [2.24, 2.45) is 17.3 Å². The smallest absolute Gasteiger partial charge is 0.306 e. The van der Waals surface area contributed by atoms with E-state index in [0.29, 0.717) is 75.4 Å². The van der Waals surface area contributed by atoms with Gasteiger partial charge < -0.3 is 48.5 Å². The molecule has 4 heterocycles. The van der Waals surface area contributed by atoms with Crippen LogP contribution in [0.1, 0.15) is 68.1 Å². The predicted octanol–water partition coefficient (Wildman–Crippen LogP) is 4.60. The van der Waals surface area contributed by atoms with Gasteiger partial charge in [0.15, 0.2) is 0 Å². The lowest BCUT2D eigenvalue weighted by molar-refractivity contribution is -0.195. The van der Waals surface area contributed by atoms with E-state index in [-0.39, 0.29) is 57.7 Å². The first kappa shape index (κ1) is 50.5. The van der Waals surface area contributed by atoms with E-state index < -0.39 is 58.8 Å².